The van der Waals surface area contributed by atoms with Gasteiger partial charge in [-0.3, -0.25) is 9.59 Å². The second-order valence-corrected chi connectivity index (χ2v) is 13.4. The number of hydrogen-bond acceptors (Lipinski definition) is 4. The monoisotopic (exact) mass is 480 g/mol. The van der Waals surface area contributed by atoms with E-state index in [0.717, 1.165) is 49.0 Å². The smallest absolute Gasteiger partial charge is 0.295 e. The quantitative estimate of drug-likeness (QED) is 0.319. The Hall–Kier alpha value is -1.46. The van der Waals surface area contributed by atoms with Gasteiger partial charge in [0.1, 0.15) is 0 Å². The molecule has 1 spiro atoms. The first-order chi connectivity index (χ1) is 16.3. The van der Waals surface area contributed by atoms with E-state index in [1.165, 1.54) is 50.0 Å². The molecular weight excluding hydrogens is 440 g/mol. The van der Waals surface area contributed by atoms with Crippen molar-refractivity contribution in [3.8, 4) is 0 Å². The van der Waals surface area contributed by atoms with E-state index in [2.05, 4.69) is 31.9 Å². The maximum atomic E-state index is 13.0. The molecule has 1 aromatic rings. The van der Waals surface area contributed by atoms with Gasteiger partial charge in [0.15, 0.2) is 0 Å². The number of rotatable bonds is 3. The van der Waals surface area contributed by atoms with E-state index in [9.17, 15) is 9.59 Å². The van der Waals surface area contributed by atoms with Gasteiger partial charge < -0.3 is 9.80 Å². The Labute approximate surface area is 208 Å². The number of hydrogen-bond donors (Lipinski definition) is 0. The summed E-state index contributed by atoms with van der Waals surface area (Å²) in [5, 5.41) is 1.86. The lowest BCUT2D eigenvalue weighted by Gasteiger charge is -2.58. The van der Waals surface area contributed by atoms with Gasteiger partial charge in [0, 0.05) is 25.7 Å². The fraction of sp³-hybridized carbons (Fsp3) is 0.724. The molecule has 1 saturated heterocycles. The molecule has 4 aliphatic carbocycles. The van der Waals surface area contributed by atoms with Crippen molar-refractivity contribution < 1.29 is 9.59 Å². The van der Waals surface area contributed by atoms with Crippen molar-refractivity contribution in [2.75, 3.05) is 20.6 Å². The predicted molar refractivity (Wildman–Crippen MR) is 137 cm³/mol. The number of likely N-dealkylation sites (tertiary alicyclic amines) is 1. The van der Waals surface area contributed by atoms with E-state index >= 15 is 0 Å². The third-order valence-electron chi connectivity index (χ3n) is 11.5. The lowest BCUT2D eigenvalue weighted by Crippen LogP contribution is -2.53. The molecule has 1 amide bonds. The summed E-state index contributed by atoms with van der Waals surface area (Å²) in [5.41, 5.74) is 2.43. The van der Waals surface area contributed by atoms with Crippen molar-refractivity contribution in [2.45, 2.75) is 77.3 Å². The Bertz CT molecular complexity index is 1020. The van der Waals surface area contributed by atoms with E-state index in [0.29, 0.717) is 10.3 Å². The second-order valence-electron chi connectivity index (χ2n) is 12.5. The largest absolute Gasteiger partial charge is 0.336 e. The van der Waals surface area contributed by atoms with Gasteiger partial charge in [-0.25, -0.2) is 0 Å². The molecule has 8 unspecified atom stereocenters. The molecule has 3 saturated carbocycles. The highest BCUT2D eigenvalue weighted by molar-refractivity contribution is 7.13. The molecule has 1 aromatic heterocycles. The van der Waals surface area contributed by atoms with Crippen LogP contribution in [-0.2, 0) is 4.79 Å². The maximum Gasteiger partial charge on any atom is 0.295 e. The van der Waals surface area contributed by atoms with Gasteiger partial charge in [0.25, 0.3) is 11.7 Å². The first-order valence-corrected chi connectivity index (χ1v) is 14.4. The molecule has 0 N–H and O–H groups in total. The first-order valence-electron chi connectivity index (χ1n) is 13.5. The van der Waals surface area contributed by atoms with Crippen LogP contribution in [0.15, 0.2) is 29.2 Å². The number of ketones is 1. The molecule has 8 atom stereocenters. The number of thiophene rings is 1. The van der Waals surface area contributed by atoms with Crippen molar-refractivity contribution in [3.63, 3.8) is 0 Å². The van der Waals surface area contributed by atoms with Gasteiger partial charge in [-0.1, -0.05) is 24.6 Å². The van der Waals surface area contributed by atoms with Crippen LogP contribution in [0.2, 0.25) is 0 Å². The summed E-state index contributed by atoms with van der Waals surface area (Å²) in [4.78, 5) is 30.6. The minimum absolute atomic E-state index is 0.141. The maximum absolute atomic E-state index is 13.0. The summed E-state index contributed by atoms with van der Waals surface area (Å²) < 4.78 is 0. The zero-order chi connectivity index (χ0) is 23.8. The first kappa shape index (κ1) is 23.0. The number of fused-ring (bicyclic) bond motifs is 4. The fourth-order valence-electron chi connectivity index (χ4n) is 9.61. The molecule has 184 valence electrons. The Morgan fingerprint density at radius 3 is 2.68 bits per heavy atom. The normalized spacial score (nSPS) is 43.4. The highest BCUT2D eigenvalue weighted by atomic mass is 32.1. The standard InChI is InChI=1S/C29H40N2O2S/c1-18-22-9-10-24-21-8-7-19-16-20(31(4)27(33)26(32)25-6-5-15-34-25)11-13-28(19,2)23(21)12-14-29(22,24)17-30(18)3/h5-7,15,18,20-24H,8-14,16-17H2,1-4H3. The summed E-state index contributed by atoms with van der Waals surface area (Å²) >= 11 is 1.36. The number of carbonyl (C=O) groups is 2. The molecule has 0 aromatic carbocycles. The van der Waals surface area contributed by atoms with Crippen LogP contribution < -0.4 is 0 Å². The lowest BCUT2D eigenvalue weighted by molar-refractivity contribution is -0.128. The van der Waals surface area contributed by atoms with Crippen LogP contribution in [-0.4, -0.2) is 54.2 Å². The molecule has 1 aliphatic heterocycles. The number of likely N-dealkylation sites (N-methyl/N-ethyl adjacent to an activating group) is 1. The minimum Gasteiger partial charge on any atom is -0.336 e. The second kappa shape index (κ2) is 8.03. The van der Waals surface area contributed by atoms with Crippen molar-refractivity contribution in [2.24, 2.45) is 34.5 Å². The van der Waals surface area contributed by atoms with E-state index in [1.54, 1.807) is 16.5 Å². The minimum atomic E-state index is -0.354. The predicted octanol–water partition coefficient (Wildman–Crippen LogP) is 5.65. The molecular formula is C29H40N2O2S. The topological polar surface area (TPSA) is 40.6 Å². The number of carbonyl (C=O) groups excluding carboxylic acids is 2. The van der Waals surface area contributed by atoms with Crippen molar-refractivity contribution >= 4 is 23.0 Å². The van der Waals surface area contributed by atoms with Crippen molar-refractivity contribution in [1.82, 2.24) is 9.80 Å². The number of amides is 1. The molecule has 5 heteroatoms. The molecule has 4 fully saturated rings. The molecule has 6 rings (SSSR count). The fourth-order valence-corrected chi connectivity index (χ4v) is 10.3. The number of Topliss-reactive ketones (excluding diaryl/α,β-unsaturated/α-hetero) is 1. The zero-order valence-electron chi connectivity index (χ0n) is 21.3. The van der Waals surface area contributed by atoms with Crippen LogP contribution in [0.4, 0.5) is 0 Å². The summed E-state index contributed by atoms with van der Waals surface area (Å²) in [6, 6.07) is 4.48. The third-order valence-corrected chi connectivity index (χ3v) is 12.4. The van der Waals surface area contributed by atoms with E-state index in [-0.39, 0.29) is 23.1 Å². The van der Waals surface area contributed by atoms with E-state index in [1.807, 2.05) is 18.5 Å². The molecule has 0 radical (unpaired) electrons. The summed E-state index contributed by atoms with van der Waals surface area (Å²) in [6.07, 6.45) is 12.6. The third kappa shape index (κ3) is 3.11. The van der Waals surface area contributed by atoms with Gasteiger partial charge in [-0.05, 0) is 111 Å². The molecule has 4 nitrogen and oxygen atoms in total. The SMILES string of the molecule is CC1C2CCC3C4CC=C5CC(N(C)C(=O)C(=O)c6cccs6)CCC5(C)C4CCC32CN1C. The Balaban J connectivity index is 1.20. The molecule has 34 heavy (non-hydrogen) atoms. The van der Waals surface area contributed by atoms with Crippen molar-refractivity contribution in [3.05, 3.63) is 34.0 Å². The van der Waals surface area contributed by atoms with Crippen LogP contribution in [0.25, 0.3) is 0 Å². The number of nitrogens with zero attached hydrogens (tertiary/aromatic N) is 2. The molecule has 5 aliphatic rings. The Morgan fingerprint density at radius 2 is 1.91 bits per heavy atom. The van der Waals surface area contributed by atoms with Crippen molar-refractivity contribution in [1.29, 1.82) is 0 Å². The average Bonchev–Trinajstić information content (AvgIpc) is 3.54. The highest BCUT2D eigenvalue weighted by Gasteiger charge is 2.64. The van der Waals surface area contributed by atoms with Crippen LogP contribution in [0.1, 0.15) is 74.9 Å². The summed E-state index contributed by atoms with van der Waals surface area (Å²) in [5.74, 6) is 2.72. The highest BCUT2D eigenvalue weighted by Crippen LogP contribution is 2.68. The zero-order valence-corrected chi connectivity index (χ0v) is 22.1. The van der Waals surface area contributed by atoms with Crippen LogP contribution in [0, 0.1) is 34.5 Å². The van der Waals surface area contributed by atoms with E-state index in [4.69, 9.17) is 0 Å². The van der Waals surface area contributed by atoms with Crippen LogP contribution in [0.5, 0.6) is 0 Å². The summed E-state index contributed by atoms with van der Waals surface area (Å²) in [7, 11) is 4.19. The van der Waals surface area contributed by atoms with Crippen LogP contribution >= 0.6 is 11.3 Å². The number of allylic oxidation sites excluding steroid dienone is 1. The van der Waals surface area contributed by atoms with Gasteiger partial charge in [0.2, 0.25) is 0 Å². The van der Waals surface area contributed by atoms with Gasteiger partial charge in [0.05, 0.1) is 4.88 Å². The molecule has 0 bridgehead atoms. The lowest BCUT2D eigenvalue weighted by atomic mass is 9.47. The summed E-state index contributed by atoms with van der Waals surface area (Å²) in [6.45, 7) is 6.32. The van der Waals surface area contributed by atoms with Gasteiger partial charge in [-0.15, -0.1) is 11.3 Å². The van der Waals surface area contributed by atoms with Gasteiger partial charge in [-0.2, -0.15) is 0 Å². The molecule has 2 heterocycles. The van der Waals surface area contributed by atoms with Gasteiger partial charge >= 0.3 is 0 Å². The Kier molecular flexibility index (Phi) is 5.42. The van der Waals surface area contributed by atoms with Crippen LogP contribution in [0.3, 0.4) is 0 Å². The van der Waals surface area contributed by atoms with E-state index < -0.39 is 0 Å². The average molecular weight is 481 g/mol. The Morgan fingerprint density at radius 1 is 1.12 bits per heavy atom.